The Bertz CT molecular complexity index is 1480. The molecule has 0 radical (unpaired) electrons. The second-order valence-corrected chi connectivity index (χ2v) is 8.20. The molecule has 3 aromatic rings. The predicted molar refractivity (Wildman–Crippen MR) is 131 cm³/mol. The minimum atomic E-state index is -1.04. The fourth-order valence-electron chi connectivity index (χ4n) is 4.45. The van der Waals surface area contributed by atoms with Crippen LogP contribution in [0.4, 0.5) is 5.69 Å². The topological polar surface area (TPSA) is 143 Å². The number of rotatable bonds is 7. The Morgan fingerprint density at radius 3 is 2.56 bits per heavy atom. The van der Waals surface area contributed by atoms with Gasteiger partial charge in [-0.1, -0.05) is 24.3 Å². The summed E-state index contributed by atoms with van der Waals surface area (Å²) in [7, 11) is 3.11. The van der Waals surface area contributed by atoms with Gasteiger partial charge in [-0.15, -0.1) is 0 Å². The molecule has 0 aliphatic carbocycles. The quantitative estimate of drug-likeness (QED) is 0.393. The molecule has 10 nitrogen and oxygen atoms in total. The second kappa shape index (κ2) is 9.84. The van der Waals surface area contributed by atoms with Crippen molar-refractivity contribution in [3.8, 4) is 23.3 Å². The second-order valence-electron chi connectivity index (χ2n) is 8.20. The van der Waals surface area contributed by atoms with Crippen LogP contribution in [0.1, 0.15) is 28.3 Å². The number of methoxy groups -OCH3 is 2. The maximum Gasteiger partial charge on any atom is 0.273 e. The van der Waals surface area contributed by atoms with Crippen molar-refractivity contribution in [3.05, 3.63) is 103 Å². The molecule has 1 aliphatic rings. The first-order valence-electron chi connectivity index (χ1n) is 11.1. The molecule has 10 heteroatoms. The summed E-state index contributed by atoms with van der Waals surface area (Å²) in [6.07, 6.45) is 0.500. The largest absolute Gasteiger partial charge is 0.493 e. The maximum absolute atomic E-state index is 13.8. The number of allylic oxidation sites excluding steroid dienone is 1. The van der Waals surface area contributed by atoms with Gasteiger partial charge in [-0.2, -0.15) is 5.26 Å². The van der Waals surface area contributed by atoms with Crippen LogP contribution in [-0.2, 0) is 13.0 Å². The van der Waals surface area contributed by atoms with Gasteiger partial charge in [0.25, 0.3) is 11.2 Å². The predicted octanol–water partition coefficient (Wildman–Crippen LogP) is 3.54. The van der Waals surface area contributed by atoms with Crippen molar-refractivity contribution in [2.75, 3.05) is 14.2 Å². The number of pyridine rings is 1. The molecular formula is C26H24N4O6. The number of nitrogens with two attached hydrogens (primary N) is 1. The molecule has 2 aromatic carbocycles. The lowest BCUT2D eigenvalue weighted by atomic mass is 9.83. The standard InChI is InChI=1S/C26H24N4O6/c1-15-12-22-24(26(31)29(15)11-10-16-8-9-20(34-2)21(13-16)35-3)23(18(14-27)25(28)36-22)17-6-4-5-7-19(17)30(32)33/h4-9,12-13,23H,10-11,28H2,1-3H3/t23-/m1/s1. The number of nitro groups is 1. The highest BCUT2D eigenvalue weighted by Gasteiger charge is 2.37. The average molecular weight is 489 g/mol. The number of hydrogen-bond donors (Lipinski definition) is 1. The van der Waals surface area contributed by atoms with E-state index >= 15 is 0 Å². The van der Waals surface area contributed by atoms with Gasteiger partial charge in [0.05, 0.1) is 30.6 Å². The van der Waals surface area contributed by atoms with Gasteiger partial charge in [-0.25, -0.2) is 0 Å². The molecule has 0 saturated carbocycles. The van der Waals surface area contributed by atoms with E-state index < -0.39 is 16.4 Å². The van der Waals surface area contributed by atoms with Gasteiger partial charge < -0.3 is 24.5 Å². The Balaban J connectivity index is 1.82. The zero-order chi connectivity index (χ0) is 26.0. The lowest BCUT2D eigenvalue weighted by Crippen LogP contribution is -2.33. The number of para-hydroxylation sites is 1. The summed E-state index contributed by atoms with van der Waals surface area (Å²) < 4.78 is 17.9. The lowest BCUT2D eigenvalue weighted by Gasteiger charge is -2.27. The highest BCUT2D eigenvalue weighted by molar-refractivity contribution is 5.59. The zero-order valence-electron chi connectivity index (χ0n) is 20.0. The van der Waals surface area contributed by atoms with Gasteiger partial charge in [-0.05, 0) is 31.0 Å². The normalized spacial score (nSPS) is 14.4. The van der Waals surface area contributed by atoms with Crippen LogP contribution < -0.4 is 25.5 Å². The number of aromatic nitrogens is 1. The van der Waals surface area contributed by atoms with Crippen molar-refractivity contribution in [2.24, 2.45) is 5.73 Å². The molecule has 1 atom stereocenters. The van der Waals surface area contributed by atoms with Gasteiger partial charge in [0, 0.05) is 29.9 Å². The molecular weight excluding hydrogens is 464 g/mol. The number of nitro benzene ring substituents is 1. The first-order valence-corrected chi connectivity index (χ1v) is 11.1. The number of nitrogens with zero attached hydrogens (tertiary/aromatic N) is 3. The summed E-state index contributed by atoms with van der Waals surface area (Å²) in [4.78, 5) is 25.0. The summed E-state index contributed by atoms with van der Waals surface area (Å²) >= 11 is 0. The maximum atomic E-state index is 13.8. The fraction of sp³-hybridized carbons (Fsp3) is 0.231. The van der Waals surface area contributed by atoms with Crippen LogP contribution in [-0.4, -0.2) is 23.7 Å². The molecule has 184 valence electrons. The Morgan fingerprint density at radius 1 is 1.17 bits per heavy atom. The molecule has 0 saturated heterocycles. The number of ether oxygens (including phenoxy) is 3. The molecule has 4 rings (SSSR count). The highest BCUT2D eigenvalue weighted by atomic mass is 16.6. The Morgan fingerprint density at radius 2 is 1.89 bits per heavy atom. The van der Waals surface area contributed by atoms with Crippen LogP contribution in [0.15, 0.2) is 64.8 Å². The van der Waals surface area contributed by atoms with Gasteiger partial charge in [0.2, 0.25) is 5.88 Å². The molecule has 0 spiro atoms. The lowest BCUT2D eigenvalue weighted by molar-refractivity contribution is -0.385. The van der Waals surface area contributed by atoms with Crippen LogP contribution in [0.2, 0.25) is 0 Å². The van der Waals surface area contributed by atoms with Crippen LogP contribution in [0, 0.1) is 28.4 Å². The fourth-order valence-corrected chi connectivity index (χ4v) is 4.45. The van der Waals surface area contributed by atoms with E-state index in [1.165, 1.54) is 18.2 Å². The summed E-state index contributed by atoms with van der Waals surface area (Å²) in [5.74, 6) is 0.130. The number of nitriles is 1. The van der Waals surface area contributed by atoms with Crippen LogP contribution in [0.25, 0.3) is 0 Å². The number of hydrogen-bond acceptors (Lipinski definition) is 8. The minimum absolute atomic E-state index is 0.0517. The first kappa shape index (κ1) is 24.3. The highest BCUT2D eigenvalue weighted by Crippen LogP contribution is 2.43. The third-order valence-corrected chi connectivity index (χ3v) is 6.21. The Hall–Kier alpha value is -4.78. The van der Waals surface area contributed by atoms with E-state index in [1.54, 1.807) is 43.9 Å². The van der Waals surface area contributed by atoms with E-state index in [-0.39, 0.29) is 34.0 Å². The Kier molecular flexibility index (Phi) is 6.65. The van der Waals surface area contributed by atoms with Gasteiger partial charge >= 0.3 is 0 Å². The van der Waals surface area contributed by atoms with E-state index in [4.69, 9.17) is 19.9 Å². The molecule has 36 heavy (non-hydrogen) atoms. The van der Waals surface area contributed by atoms with Crippen molar-refractivity contribution >= 4 is 5.69 Å². The van der Waals surface area contributed by atoms with Crippen molar-refractivity contribution in [2.45, 2.75) is 25.8 Å². The van der Waals surface area contributed by atoms with Crippen molar-refractivity contribution in [3.63, 3.8) is 0 Å². The van der Waals surface area contributed by atoms with Crippen LogP contribution in [0.5, 0.6) is 17.2 Å². The van der Waals surface area contributed by atoms with Crippen molar-refractivity contribution in [1.29, 1.82) is 5.26 Å². The third kappa shape index (κ3) is 4.22. The van der Waals surface area contributed by atoms with Gasteiger partial charge in [-0.3, -0.25) is 14.9 Å². The minimum Gasteiger partial charge on any atom is -0.493 e. The van der Waals surface area contributed by atoms with E-state index in [2.05, 4.69) is 0 Å². The summed E-state index contributed by atoms with van der Waals surface area (Å²) in [5, 5.41) is 21.6. The number of fused-ring (bicyclic) bond motifs is 1. The van der Waals surface area contributed by atoms with Crippen LogP contribution >= 0.6 is 0 Å². The van der Waals surface area contributed by atoms with Crippen LogP contribution in [0.3, 0.4) is 0 Å². The first-order chi connectivity index (χ1) is 17.3. The van der Waals surface area contributed by atoms with Crippen molar-refractivity contribution in [1.82, 2.24) is 4.57 Å². The van der Waals surface area contributed by atoms with Gasteiger partial charge in [0.15, 0.2) is 11.5 Å². The molecule has 0 unspecified atom stereocenters. The van der Waals surface area contributed by atoms with Crippen molar-refractivity contribution < 1.29 is 19.1 Å². The summed E-state index contributed by atoms with van der Waals surface area (Å²) in [6, 6.07) is 15.2. The SMILES string of the molecule is COc1ccc(CCn2c(C)cc3c(c2=O)[C@H](c2ccccc2[N+](=O)[O-])C(C#N)=C(N)O3)cc1OC. The van der Waals surface area contributed by atoms with E-state index in [9.17, 15) is 20.2 Å². The molecule has 0 amide bonds. The van der Waals surface area contributed by atoms with Gasteiger partial charge in [0.1, 0.15) is 17.4 Å². The molecule has 0 fully saturated rings. The third-order valence-electron chi connectivity index (χ3n) is 6.21. The zero-order valence-corrected chi connectivity index (χ0v) is 20.0. The summed E-state index contributed by atoms with van der Waals surface area (Å²) in [6.45, 7) is 2.08. The van der Waals surface area contributed by atoms with E-state index in [0.29, 0.717) is 30.2 Å². The van der Waals surface area contributed by atoms with E-state index in [0.717, 1.165) is 5.56 Å². The number of aryl methyl sites for hydroxylation is 2. The molecule has 1 aliphatic heterocycles. The molecule has 2 heterocycles. The molecule has 1 aromatic heterocycles. The summed E-state index contributed by atoms with van der Waals surface area (Å²) in [5.41, 5.74) is 7.21. The molecule has 2 N–H and O–H groups in total. The average Bonchev–Trinajstić information content (AvgIpc) is 2.87. The molecule has 0 bridgehead atoms. The smallest absolute Gasteiger partial charge is 0.273 e. The van der Waals surface area contributed by atoms with E-state index in [1.807, 2.05) is 18.2 Å². The number of benzene rings is 2. The Labute approximate surface area is 206 Å². The monoisotopic (exact) mass is 488 g/mol.